The van der Waals surface area contributed by atoms with Crippen LogP contribution in [-0.4, -0.2) is 30.7 Å². The Balaban J connectivity index is 2.39. The molecule has 2 unspecified atom stereocenters. The van der Waals surface area contributed by atoms with Crippen molar-refractivity contribution in [3.05, 3.63) is 0 Å². The van der Waals surface area contributed by atoms with Crippen LogP contribution < -0.4 is 11.1 Å². The van der Waals surface area contributed by atoms with Crippen LogP contribution in [0.15, 0.2) is 0 Å². The Morgan fingerprint density at radius 3 is 2.93 bits per heavy atom. The minimum atomic E-state index is -0.377. The van der Waals surface area contributed by atoms with Crippen molar-refractivity contribution in [3.63, 3.8) is 0 Å². The summed E-state index contributed by atoms with van der Waals surface area (Å²) in [6.45, 7) is 5.33. The minimum Gasteiger partial charge on any atom is -0.379 e. The third-order valence-electron chi connectivity index (χ3n) is 2.58. The number of carbonyl (C=O) groups excluding carboxylic acids is 1. The van der Waals surface area contributed by atoms with E-state index in [2.05, 4.69) is 5.32 Å². The van der Waals surface area contributed by atoms with E-state index < -0.39 is 0 Å². The van der Waals surface area contributed by atoms with E-state index in [4.69, 9.17) is 10.5 Å². The van der Waals surface area contributed by atoms with Crippen molar-refractivity contribution in [2.24, 2.45) is 5.73 Å². The zero-order chi connectivity index (χ0) is 10.6. The average Bonchev–Trinajstić information content (AvgIpc) is 2.52. The van der Waals surface area contributed by atoms with E-state index in [9.17, 15) is 4.79 Å². The van der Waals surface area contributed by atoms with Gasteiger partial charge in [-0.15, -0.1) is 0 Å². The highest BCUT2D eigenvalue weighted by atomic mass is 16.5. The molecule has 82 valence electrons. The van der Waals surface area contributed by atoms with Crippen LogP contribution in [0.5, 0.6) is 0 Å². The quantitative estimate of drug-likeness (QED) is 0.691. The lowest BCUT2D eigenvalue weighted by Crippen LogP contribution is -2.52. The molecule has 0 saturated carbocycles. The summed E-state index contributed by atoms with van der Waals surface area (Å²) in [5.41, 5.74) is 5.51. The minimum absolute atomic E-state index is 0.0557. The molecule has 14 heavy (non-hydrogen) atoms. The molecule has 1 amide bonds. The first-order chi connectivity index (χ1) is 6.57. The van der Waals surface area contributed by atoms with Gasteiger partial charge in [-0.25, -0.2) is 0 Å². The molecule has 1 saturated heterocycles. The molecule has 1 fully saturated rings. The Morgan fingerprint density at radius 1 is 1.71 bits per heavy atom. The van der Waals surface area contributed by atoms with Gasteiger partial charge in [0.25, 0.3) is 0 Å². The molecule has 4 nitrogen and oxygen atoms in total. The predicted molar refractivity (Wildman–Crippen MR) is 54.9 cm³/mol. The second-order valence-corrected chi connectivity index (χ2v) is 4.25. The van der Waals surface area contributed by atoms with E-state index in [1.165, 1.54) is 0 Å². The summed E-state index contributed by atoms with van der Waals surface area (Å²) in [4.78, 5) is 11.6. The molecule has 0 bridgehead atoms. The fraction of sp³-hybridized carbons (Fsp3) is 0.900. The Labute approximate surface area is 85.2 Å². The normalized spacial score (nSPS) is 28.8. The van der Waals surface area contributed by atoms with Gasteiger partial charge >= 0.3 is 0 Å². The molecular weight excluding hydrogens is 180 g/mol. The molecule has 0 aromatic rings. The lowest BCUT2D eigenvalue weighted by Gasteiger charge is -2.25. The van der Waals surface area contributed by atoms with Gasteiger partial charge < -0.3 is 15.8 Å². The fourth-order valence-electron chi connectivity index (χ4n) is 1.60. The molecule has 1 aliphatic rings. The molecule has 0 aromatic carbocycles. The Bertz CT molecular complexity index is 200. The number of amides is 1. The maximum atomic E-state index is 11.6. The SMILES string of the molecule is CCCC(N)C(=O)NC1(C)CCOC1. The summed E-state index contributed by atoms with van der Waals surface area (Å²) in [6.07, 6.45) is 2.54. The van der Waals surface area contributed by atoms with Gasteiger partial charge in [0, 0.05) is 6.61 Å². The van der Waals surface area contributed by atoms with E-state index in [-0.39, 0.29) is 17.5 Å². The number of hydrogen-bond donors (Lipinski definition) is 2. The van der Waals surface area contributed by atoms with Crippen molar-refractivity contribution < 1.29 is 9.53 Å². The number of rotatable bonds is 4. The summed E-state index contributed by atoms with van der Waals surface area (Å²) < 4.78 is 5.25. The monoisotopic (exact) mass is 200 g/mol. The Morgan fingerprint density at radius 2 is 2.43 bits per heavy atom. The molecule has 1 heterocycles. The number of hydrogen-bond acceptors (Lipinski definition) is 3. The molecule has 0 aromatic heterocycles. The van der Waals surface area contributed by atoms with E-state index in [1.807, 2.05) is 13.8 Å². The molecular formula is C10H20N2O2. The third-order valence-corrected chi connectivity index (χ3v) is 2.58. The van der Waals surface area contributed by atoms with E-state index in [0.717, 1.165) is 25.9 Å². The van der Waals surface area contributed by atoms with E-state index in [1.54, 1.807) is 0 Å². The van der Waals surface area contributed by atoms with Gasteiger partial charge in [-0.1, -0.05) is 13.3 Å². The number of carbonyl (C=O) groups is 1. The van der Waals surface area contributed by atoms with Crippen molar-refractivity contribution in [1.29, 1.82) is 0 Å². The number of ether oxygens (including phenoxy) is 1. The second kappa shape index (κ2) is 4.75. The molecule has 2 atom stereocenters. The molecule has 0 aliphatic carbocycles. The van der Waals surface area contributed by atoms with Crippen molar-refractivity contribution in [2.75, 3.05) is 13.2 Å². The Kier molecular flexibility index (Phi) is 3.89. The van der Waals surface area contributed by atoms with Gasteiger partial charge in [0.15, 0.2) is 0 Å². The zero-order valence-electron chi connectivity index (χ0n) is 9.01. The van der Waals surface area contributed by atoms with Gasteiger partial charge in [0.05, 0.1) is 18.2 Å². The van der Waals surface area contributed by atoms with Crippen LogP contribution >= 0.6 is 0 Å². The number of nitrogens with two attached hydrogens (primary N) is 1. The van der Waals surface area contributed by atoms with Crippen LogP contribution in [0.2, 0.25) is 0 Å². The van der Waals surface area contributed by atoms with Gasteiger partial charge in [-0.3, -0.25) is 4.79 Å². The maximum absolute atomic E-state index is 11.6. The van der Waals surface area contributed by atoms with Crippen molar-refractivity contribution >= 4 is 5.91 Å². The van der Waals surface area contributed by atoms with Crippen LogP contribution in [0.1, 0.15) is 33.1 Å². The molecule has 0 radical (unpaired) electrons. The highest BCUT2D eigenvalue weighted by Gasteiger charge is 2.32. The van der Waals surface area contributed by atoms with Crippen molar-refractivity contribution in [3.8, 4) is 0 Å². The summed E-state index contributed by atoms with van der Waals surface area (Å²) in [7, 11) is 0. The first-order valence-electron chi connectivity index (χ1n) is 5.23. The van der Waals surface area contributed by atoms with E-state index >= 15 is 0 Å². The summed E-state index contributed by atoms with van der Waals surface area (Å²) in [5, 5.41) is 2.95. The molecule has 0 spiro atoms. The average molecular weight is 200 g/mol. The molecule has 3 N–H and O–H groups in total. The van der Waals surface area contributed by atoms with Crippen LogP contribution in [0.25, 0.3) is 0 Å². The van der Waals surface area contributed by atoms with Gasteiger partial charge in [-0.2, -0.15) is 0 Å². The zero-order valence-corrected chi connectivity index (χ0v) is 9.01. The van der Waals surface area contributed by atoms with Crippen LogP contribution in [0.4, 0.5) is 0 Å². The second-order valence-electron chi connectivity index (χ2n) is 4.25. The lowest BCUT2D eigenvalue weighted by atomic mass is 10.0. The van der Waals surface area contributed by atoms with Crippen LogP contribution in [0.3, 0.4) is 0 Å². The predicted octanol–water partition coefficient (Wildman–Crippen LogP) is 0.409. The molecule has 1 rings (SSSR count). The topological polar surface area (TPSA) is 64.4 Å². The highest BCUT2D eigenvalue weighted by molar-refractivity contribution is 5.82. The first kappa shape index (κ1) is 11.5. The summed E-state index contributed by atoms with van der Waals surface area (Å²) >= 11 is 0. The van der Waals surface area contributed by atoms with Crippen LogP contribution in [0, 0.1) is 0 Å². The summed E-state index contributed by atoms with van der Waals surface area (Å²) in [6, 6.07) is -0.377. The highest BCUT2D eigenvalue weighted by Crippen LogP contribution is 2.17. The Hall–Kier alpha value is -0.610. The van der Waals surface area contributed by atoms with E-state index in [0.29, 0.717) is 6.61 Å². The fourth-order valence-corrected chi connectivity index (χ4v) is 1.60. The van der Waals surface area contributed by atoms with Gasteiger partial charge in [0.1, 0.15) is 0 Å². The maximum Gasteiger partial charge on any atom is 0.237 e. The largest absolute Gasteiger partial charge is 0.379 e. The third kappa shape index (κ3) is 2.96. The standard InChI is InChI=1S/C10H20N2O2/c1-3-4-8(11)9(13)12-10(2)5-6-14-7-10/h8H,3-7,11H2,1-2H3,(H,12,13). The van der Waals surface area contributed by atoms with Crippen LogP contribution in [-0.2, 0) is 9.53 Å². The molecule has 1 aliphatic heterocycles. The smallest absolute Gasteiger partial charge is 0.237 e. The lowest BCUT2D eigenvalue weighted by molar-refractivity contribution is -0.124. The molecule has 4 heteroatoms. The first-order valence-corrected chi connectivity index (χ1v) is 5.23. The number of nitrogens with one attached hydrogen (secondary N) is 1. The van der Waals surface area contributed by atoms with Crippen molar-refractivity contribution in [2.45, 2.75) is 44.7 Å². The van der Waals surface area contributed by atoms with Crippen molar-refractivity contribution in [1.82, 2.24) is 5.32 Å². The van der Waals surface area contributed by atoms with Gasteiger partial charge in [0.2, 0.25) is 5.91 Å². The van der Waals surface area contributed by atoms with Gasteiger partial charge in [-0.05, 0) is 19.8 Å². The summed E-state index contributed by atoms with van der Waals surface area (Å²) in [5.74, 6) is -0.0557.